The first kappa shape index (κ1) is 24.9. The van der Waals surface area contributed by atoms with Crippen LogP contribution in [-0.4, -0.2) is 53.9 Å². The molecule has 2 N–H and O–H groups in total. The van der Waals surface area contributed by atoms with Gasteiger partial charge in [0.1, 0.15) is 11.3 Å². The molecule has 2 aromatic rings. The minimum Gasteiger partial charge on any atom is -0.493 e. The van der Waals surface area contributed by atoms with Crippen LogP contribution < -0.4 is 15.4 Å². The molecule has 1 aliphatic heterocycles. The van der Waals surface area contributed by atoms with E-state index in [1.807, 2.05) is 0 Å². The van der Waals surface area contributed by atoms with Gasteiger partial charge in [0.15, 0.2) is 6.61 Å². The van der Waals surface area contributed by atoms with E-state index in [1.54, 1.807) is 43.3 Å². The summed E-state index contributed by atoms with van der Waals surface area (Å²) in [6, 6.07) is 10.6. The van der Waals surface area contributed by atoms with Gasteiger partial charge >= 0.3 is 12.0 Å². The summed E-state index contributed by atoms with van der Waals surface area (Å²) < 4.78 is 10.6. The minimum absolute atomic E-state index is 0.0363. The maximum absolute atomic E-state index is 12.8. The molecular formula is C26H27N3O7. The Hall–Kier alpha value is -4.21. The van der Waals surface area contributed by atoms with Gasteiger partial charge in [0, 0.05) is 6.04 Å². The Morgan fingerprint density at radius 3 is 2.31 bits per heavy atom. The van der Waals surface area contributed by atoms with Gasteiger partial charge in [0.2, 0.25) is 0 Å². The van der Waals surface area contributed by atoms with Crippen molar-refractivity contribution in [2.45, 2.75) is 45.2 Å². The van der Waals surface area contributed by atoms with Crippen LogP contribution in [-0.2, 0) is 16.1 Å². The molecule has 0 spiro atoms. The predicted octanol–water partition coefficient (Wildman–Crippen LogP) is 2.81. The van der Waals surface area contributed by atoms with Crippen molar-refractivity contribution in [3.8, 4) is 5.75 Å². The Bertz CT molecular complexity index is 1170. The number of carbonyl (C=O) groups is 5. The third-order valence-electron chi connectivity index (χ3n) is 6.06. The third-order valence-corrected chi connectivity index (χ3v) is 6.06. The second kappa shape index (κ2) is 11.0. The number of carbonyl (C=O) groups excluding carboxylic acids is 5. The summed E-state index contributed by atoms with van der Waals surface area (Å²) >= 11 is 0. The molecule has 0 unspecified atom stereocenters. The fourth-order valence-electron chi connectivity index (χ4n) is 4.34. The molecule has 0 aromatic heterocycles. The summed E-state index contributed by atoms with van der Waals surface area (Å²) in [5.74, 6) is -2.21. The van der Waals surface area contributed by atoms with E-state index < -0.39 is 36.3 Å². The number of imide groups is 2. The normalized spacial score (nSPS) is 15.0. The Kier molecular flexibility index (Phi) is 7.62. The van der Waals surface area contributed by atoms with Gasteiger partial charge in [-0.05, 0) is 49.6 Å². The quantitative estimate of drug-likeness (QED) is 0.427. The van der Waals surface area contributed by atoms with Gasteiger partial charge in [-0.25, -0.2) is 9.59 Å². The van der Waals surface area contributed by atoms with Gasteiger partial charge < -0.3 is 14.8 Å². The molecule has 0 bridgehead atoms. The molecule has 0 saturated heterocycles. The van der Waals surface area contributed by atoms with Crippen molar-refractivity contribution >= 4 is 29.7 Å². The second-order valence-corrected chi connectivity index (χ2v) is 8.58. The van der Waals surface area contributed by atoms with Gasteiger partial charge in [-0.15, -0.1) is 0 Å². The van der Waals surface area contributed by atoms with Crippen LogP contribution in [0.2, 0.25) is 0 Å². The van der Waals surface area contributed by atoms with Crippen molar-refractivity contribution in [2.75, 3.05) is 13.2 Å². The van der Waals surface area contributed by atoms with Crippen molar-refractivity contribution < 1.29 is 33.4 Å². The van der Waals surface area contributed by atoms with Crippen LogP contribution in [0.4, 0.5) is 4.79 Å². The van der Waals surface area contributed by atoms with E-state index in [0.29, 0.717) is 16.7 Å². The number of hydrogen-bond donors (Lipinski definition) is 2. The van der Waals surface area contributed by atoms with Crippen molar-refractivity contribution in [1.29, 1.82) is 0 Å². The molecule has 1 heterocycles. The van der Waals surface area contributed by atoms with E-state index in [-0.39, 0.29) is 30.5 Å². The highest BCUT2D eigenvalue weighted by atomic mass is 16.5. The van der Waals surface area contributed by atoms with Crippen LogP contribution in [0.15, 0.2) is 42.5 Å². The Morgan fingerprint density at radius 2 is 1.67 bits per heavy atom. The van der Waals surface area contributed by atoms with Gasteiger partial charge in [-0.1, -0.05) is 31.0 Å². The number of amides is 5. The van der Waals surface area contributed by atoms with E-state index in [4.69, 9.17) is 9.47 Å². The third kappa shape index (κ3) is 5.54. The van der Waals surface area contributed by atoms with E-state index >= 15 is 0 Å². The molecule has 1 saturated carbocycles. The average molecular weight is 494 g/mol. The van der Waals surface area contributed by atoms with Crippen LogP contribution in [0.5, 0.6) is 5.75 Å². The second-order valence-electron chi connectivity index (χ2n) is 8.58. The number of esters is 1. The van der Waals surface area contributed by atoms with Crippen LogP contribution in [0.1, 0.15) is 69.2 Å². The highest BCUT2D eigenvalue weighted by molar-refractivity contribution is 6.21. The molecule has 4 rings (SSSR count). The van der Waals surface area contributed by atoms with Crippen LogP contribution >= 0.6 is 0 Å². The summed E-state index contributed by atoms with van der Waals surface area (Å²) in [6.07, 6.45) is 3.80. The number of rotatable bonds is 8. The van der Waals surface area contributed by atoms with E-state index in [0.717, 1.165) is 30.6 Å². The number of nitrogens with one attached hydrogen (secondary N) is 2. The van der Waals surface area contributed by atoms with Crippen LogP contribution in [0.25, 0.3) is 0 Å². The zero-order chi connectivity index (χ0) is 25.7. The average Bonchev–Trinajstić information content (AvgIpc) is 3.46. The molecule has 2 aromatic carbocycles. The lowest BCUT2D eigenvalue weighted by Gasteiger charge is -2.16. The summed E-state index contributed by atoms with van der Waals surface area (Å²) in [5, 5.41) is 4.87. The first-order valence-electron chi connectivity index (χ1n) is 11.9. The molecule has 10 nitrogen and oxygen atoms in total. The first-order chi connectivity index (χ1) is 17.4. The number of urea groups is 1. The molecule has 5 amide bonds. The highest BCUT2D eigenvalue weighted by Gasteiger charge is 2.35. The lowest BCUT2D eigenvalue weighted by molar-refractivity contribution is -0.123. The topological polar surface area (TPSA) is 131 Å². The Morgan fingerprint density at radius 1 is 1.00 bits per heavy atom. The largest absolute Gasteiger partial charge is 0.493 e. The van der Waals surface area contributed by atoms with Crippen LogP contribution in [0, 0.1) is 0 Å². The number of ether oxygens (including phenoxy) is 2. The van der Waals surface area contributed by atoms with E-state index in [2.05, 4.69) is 10.6 Å². The number of benzene rings is 2. The molecule has 188 valence electrons. The SMILES string of the molecule is CCOc1ccc(CN2C(=O)c3ccccc3C2=O)cc1C(=O)OCC(=O)NC(=O)NC1CCCC1. The monoisotopic (exact) mass is 493 g/mol. The standard InChI is InChI=1S/C26H27N3O7/c1-2-35-21-12-11-16(14-29-23(31)18-9-5-6-10-19(18)24(29)32)13-20(21)25(33)36-15-22(30)28-26(34)27-17-7-3-4-8-17/h5-6,9-13,17H,2-4,7-8,14-15H2,1H3,(H2,27,28,30,34). The van der Waals surface area contributed by atoms with Crippen molar-refractivity contribution in [3.05, 3.63) is 64.7 Å². The number of fused-ring (bicyclic) bond motifs is 1. The molecule has 0 radical (unpaired) electrons. The zero-order valence-corrected chi connectivity index (χ0v) is 19.9. The number of nitrogens with zero attached hydrogens (tertiary/aromatic N) is 1. The first-order valence-corrected chi connectivity index (χ1v) is 11.9. The fourth-order valence-corrected chi connectivity index (χ4v) is 4.34. The number of hydrogen-bond acceptors (Lipinski definition) is 7. The van der Waals surface area contributed by atoms with Gasteiger partial charge in [0.05, 0.1) is 24.3 Å². The van der Waals surface area contributed by atoms with Gasteiger partial charge in [-0.2, -0.15) is 0 Å². The van der Waals surface area contributed by atoms with Crippen molar-refractivity contribution in [2.24, 2.45) is 0 Å². The summed E-state index contributed by atoms with van der Waals surface area (Å²) in [7, 11) is 0. The maximum Gasteiger partial charge on any atom is 0.342 e. The fraction of sp³-hybridized carbons (Fsp3) is 0.346. The minimum atomic E-state index is -0.839. The highest BCUT2D eigenvalue weighted by Crippen LogP contribution is 2.27. The molecule has 10 heteroatoms. The predicted molar refractivity (Wildman–Crippen MR) is 127 cm³/mol. The van der Waals surface area contributed by atoms with Crippen molar-refractivity contribution in [1.82, 2.24) is 15.5 Å². The molecule has 0 atom stereocenters. The Labute approximate surface area is 207 Å². The van der Waals surface area contributed by atoms with Crippen molar-refractivity contribution in [3.63, 3.8) is 0 Å². The molecular weight excluding hydrogens is 466 g/mol. The molecule has 36 heavy (non-hydrogen) atoms. The van der Waals surface area contributed by atoms with Gasteiger partial charge in [0.25, 0.3) is 17.7 Å². The summed E-state index contributed by atoms with van der Waals surface area (Å²) in [6.45, 7) is 1.31. The molecule has 1 fully saturated rings. The summed E-state index contributed by atoms with van der Waals surface area (Å²) in [5.41, 5.74) is 1.20. The lowest BCUT2D eigenvalue weighted by atomic mass is 10.1. The smallest absolute Gasteiger partial charge is 0.342 e. The van der Waals surface area contributed by atoms with Gasteiger partial charge in [-0.3, -0.25) is 24.6 Å². The lowest BCUT2D eigenvalue weighted by Crippen LogP contribution is -2.45. The molecule has 2 aliphatic rings. The van der Waals surface area contributed by atoms with E-state index in [1.165, 1.54) is 6.07 Å². The van der Waals surface area contributed by atoms with E-state index in [9.17, 15) is 24.0 Å². The van der Waals surface area contributed by atoms with Crippen LogP contribution in [0.3, 0.4) is 0 Å². The maximum atomic E-state index is 12.8. The zero-order valence-electron chi connectivity index (χ0n) is 19.9. The Balaban J connectivity index is 1.40. The summed E-state index contributed by atoms with van der Waals surface area (Å²) in [4.78, 5) is 63.3. The molecule has 1 aliphatic carbocycles.